The monoisotopic (exact) mass is 293 g/mol. The average molecular weight is 293 g/mol. The van der Waals surface area contributed by atoms with Crippen molar-refractivity contribution in [3.63, 3.8) is 0 Å². The Morgan fingerprint density at radius 1 is 1.24 bits per heavy atom. The van der Waals surface area contributed by atoms with Gasteiger partial charge in [-0.05, 0) is 25.1 Å². The Hall–Kier alpha value is -1.55. The molecule has 0 atom stereocenters. The third kappa shape index (κ3) is 5.38. The lowest BCUT2D eigenvalue weighted by Crippen LogP contribution is -2.73. The highest BCUT2D eigenvalue weighted by molar-refractivity contribution is 5.91. The number of aliphatic hydroxyl groups is 1. The van der Waals surface area contributed by atoms with Crippen LogP contribution in [0.3, 0.4) is 0 Å². The van der Waals surface area contributed by atoms with E-state index in [1.54, 1.807) is 6.07 Å². The molecule has 0 saturated heterocycles. The van der Waals surface area contributed by atoms with Crippen molar-refractivity contribution in [1.82, 2.24) is 4.90 Å². The Morgan fingerprint density at radius 3 is 2.48 bits per heavy atom. The molecule has 0 aliphatic rings. The van der Waals surface area contributed by atoms with Crippen molar-refractivity contribution in [2.45, 2.75) is 40.7 Å². The van der Waals surface area contributed by atoms with Crippen LogP contribution in [-0.2, 0) is 6.54 Å². The van der Waals surface area contributed by atoms with Crippen LogP contribution in [-0.4, -0.2) is 40.6 Å². The second-order valence-electron chi connectivity index (χ2n) is 5.73. The van der Waals surface area contributed by atoms with E-state index in [1.165, 1.54) is 0 Å². The molecular formula is C17H29N2O2+. The third-order valence-corrected chi connectivity index (χ3v) is 3.68. The van der Waals surface area contributed by atoms with Crippen LogP contribution in [0.4, 0.5) is 0 Å². The maximum atomic E-state index is 10.4. The summed E-state index contributed by atoms with van der Waals surface area (Å²) < 4.78 is 0. The summed E-state index contributed by atoms with van der Waals surface area (Å²) in [6.07, 6.45) is 0.976. The fourth-order valence-corrected chi connectivity index (χ4v) is 2.17. The van der Waals surface area contributed by atoms with E-state index in [2.05, 4.69) is 37.6 Å². The van der Waals surface area contributed by atoms with E-state index in [4.69, 9.17) is 0 Å². The van der Waals surface area contributed by atoms with Crippen molar-refractivity contribution in [1.29, 1.82) is 0 Å². The molecule has 0 saturated carbocycles. The van der Waals surface area contributed by atoms with Crippen LogP contribution in [0.5, 0.6) is 5.75 Å². The topological polar surface area (TPSA) is 57.7 Å². The third-order valence-electron chi connectivity index (χ3n) is 3.68. The molecule has 3 N–H and O–H groups in total. The number of phenols is 1. The first kappa shape index (κ1) is 17.5. The maximum Gasteiger partial charge on any atom is 0.369 e. The summed E-state index contributed by atoms with van der Waals surface area (Å²) in [5, 5.41) is 20.5. The first-order chi connectivity index (χ1) is 9.99. The molecule has 4 nitrogen and oxygen atoms in total. The zero-order valence-corrected chi connectivity index (χ0v) is 13.7. The van der Waals surface area contributed by atoms with Gasteiger partial charge >= 0.3 is 5.90 Å². The summed E-state index contributed by atoms with van der Waals surface area (Å²) in [7, 11) is 0. The van der Waals surface area contributed by atoms with Crippen molar-refractivity contribution in [2.24, 2.45) is 5.92 Å². The van der Waals surface area contributed by atoms with Gasteiger partial charge in [-0.1, -0.05) is 39.8 Å². The summed E-state index contributed by atoms with van der Waals surface area (Å²) >= 11 is 0. The van der Waals surface area contributed by atoms with Gasteiger partial charge in [0.1, 0.15) is 17.9 Å². The number of nitrogens with one attached hydrogen (secondary N) is 1. The van der Waals surface area contributed by atoms with Crippen LogP contribution in [0.1, 0.15) is 45.2 Å². The van der Waals surface area contributed by atoms with Crippen molar-refractivity contribution in [2.75, 3.05) is 19.6 Å². The number of phenolic OH excluding ortho intramolecular Hbond substituents is 1. The maximum absolute atomic E-state index is 10.4. The molecule has 118 valence electrons. The van der Waals surface area contributed by atoms with Crippen LogP contribution in [0.25, 0.3) is 0 Å². The van der Waals surface area contributed by atoms with Crippen LogP contribution in [0, 0.1) is 5.92 Å². The first-order valence-electron chi connectivity index (χ1n) is 7.82. The summed E-state index contributed by atoms with van der Waals surface area (Å²) in [6, 6.07) is 5.51. The molecule has 0 aliphatic carbocycles. The predicted molar refractivity (Wildman–Crippen MR) is 86.8 cm³/mol. The minimum atomic E-state index is 0.0505. The van der Waals surface area contributed by atoms with Gasteiger partial charge in [0.25, 0.3) is 0 Å². The molecule has 4 heteroatoms. The van der Waals surface area contributed by atoms with E-state index < -0.39 is 0 Å². The molecule has 0 fully saturated rings. The normalized spacial score (nSPS) is 12.4. The fourth-order valence-electron chi connectivity index (χ4n) is 2.17. The molecule has 0 radical (unpaired) electrons. The second-order valence-corrected chi connectivity index (χ2v) is 5.73. The van der Waals surface area contributed by atoms with Crippen LogP contribution >= 0.6 is 0 Å². The summed E-state index contributed by atoms with van der Waals surface area (Å²) in [4.78, 5) is 5.20. The number of rotatable bonds is 8. The summed E-state index contributed by atoms with van der Waals surface area (Å²) in [6.45, 7) is 11.7. The second kappa shape index (κ2) is 8.67. The molecule has 0 bridgehead atoms. The molecule has 0 spiro atoms. The van der Waals surface area contributed by atoms with Crippen molar-refractivity contribution in [3.8, 4) is 5.75 Å². The molecule has 0 unspecified atom stereocenters. The standard InChI is InChI=1S/C17H28N2O2/c1-5-19(6-2)12-14-8-7-9-15(16(14)20)17(21)18-11-10-13(3)4/h7-9,13,20H,5-6,10-12H2,1-4H3,(H,18,21)/p+1. The average Bonchev–Trinajstić information content (AvgIpc) is 2.45. The van der Waals surface area contributed by atoms with Crippen molar-refractivity contribution in [3.05, 3.63) is 29.3 Å². The first-order valence-corrected chi connectivity index (χ1v) is 7.82. The Bertz CT molecular complexity index is 466. The number of aliphatic hydroxyl groups excluding tert-OH is 1. The predicted octanol–water partition coefficient (Wildman–Crippen LogP) is 1.67. The highest BCUT2D eigenvalue weighted by atomic mass is 16.3. The van der Waals surface area contributed by atoms with Gasteiger partial charge in [0.15, 0.2) is 0 Å². The number of aromatic hydroxyl groups is 1. The number of nitrogens with zero attached hydrogens (tertiary/aromatic N) is 1. The van der Waals surface area contributed by atoms with Crippen LogP contribution < -0.4 is 4.99 Å². The van der Waals surface area contributed by atoms with Gasteiger partial charge < -0.3 is 10.2 Å². The molecule has 21 heavy (non-hydrogen) atoms. The molecule has 1 aromatic rings. The molecule has 0 amide bonds. The van der Waals surface area contributed by atoms with Gasteiger partial charge in [0, 0.05) is 18.5 Å². The van der Waals surface area contributed by atoms with Crippen LogP contribution in [0.15, 0.2) is 18.2 Å². The zero-order chi connectivity index (χ0) is 15.8. The van der Waals surface area contributed by atoms with Gasteiger partial charge in [-0.3, -0.25) is 4.90 Å². The lowest BCUT2D eigenvalue weighted by Gasteiger charge is -2.19. The molecule has 0 heterocycles. The van der Waals surface area contributed by atoms with Crippen molar-refractivity contribution >= 4 is 5.90 Å². The van der Waals surface area contributed by atoms with E-state index in [9.17, 15) is 10.2 Å². The van der Waals surface area contributed by atoms with Gasteiger partial charge in [0.05, 0.1) is 0 Å². The molecule has 0 aromatic heterocycles. The highest BCUT2D eigenvalue weighted by Crippen LogP contribution is 2.23. The van der Waals surface area contributed by atoms with Crippen molar-refractivity contribution < 1.29 is 15.2 Å². The molecule has 1 rings (SSSR count). The number of hydrogen-bond acceptors (Lipinski definition) is 2. The van der Waals surface area contributed by atoms with Gasteiger partial charge in [0.2, 0.25) is 0 Å². The molecule has 0 aliphatic heterocycles. The number of para-hydroxylation sites is 1. The van der Waals surface area contributed by atoms with Gasteiger partial charge in [-0.15, -0.1) is 0 Å². The van der Waals surface area contributed by atoms with Gasteiger partial charge in [-0.2, -0.15) is 0 Å². The van der Waals surface area contributed by atoms with E-state index in [1.807, 2.05) is 12.1 Å². The SMILES string of the molecule is CCN(CC)Cc1cccc(C(O)=[NH+]CCC(C)C)c1O. The lowest BCUT2D eigenvalue weighted by molar-refractivity contribution is -0.467. The van der Waals surface area contributed by atoms with E-state index in [0.717, 1.165) is 25.1 Å². The Morgan fingerprint density at radius 2 is 1.90 bits per heavy atom. The largest absolute Gasteiger partial charge is 0.507 e. The quantitative estimate of drug-likeness (QED) is 0.505. The lowest BCUT2D eigenvalue weighted by atomic mass is 10.1. The Kier molecular flexibility index (Phi) is 7.23. The van der Waals surface area contributed by atoms with E-state index in [0.29, 0.717) is 24.6 Å². The highest BCUT2D eigenvalue weighted by Gasteiger charge is 2.17. The smallest absolute Gasteiger partial charge is 0.369 e. The Labute approximate surface area is 128 Å². The van der Waals surface area contributed by atoms with Crippen LogP contribution in [0.2, 0.25) is 0 Å². The number of hydrogen-bond donors (Lipinski definition) is 3. The summed E-state index contributed by atoms with van der Waals surface area (Å²) in [5.74, 6) is 0.793. The van der Waals surface area contributed by atoms with E-state index >= 15 is 0 Å². The minimum absolute atomic E-state index is 0.0505. The molecular weight excluding hydrogens is 264 g/mol. The zero-order valence-electron chi connectivity index (χ0n) is 13.7. The fraction of sp³-hybridized carbons (Fsp3) is 0.588. The molecule has 1 aromatic carbocycles. The minimum Gasteiger partial charge on any atom is -0.507 e. The van der Waals surface area contributed by atoms with Gasteiger partial charge in [-0.25, -0.2) is 4.99 Å². The Balaban J connectivity index is 2.89. The van der Waals surface area contributed by atoms with E-state index in [-0.39, 0.29) is 11.6 Å². The number of benzene rings is 1. The summed E-state index contributed by atoms with van der Waals surface area (Å²) in [5.41, 5.74) is 1.32.